The summed E-state index contributed by atoms with van der Waals surface area (Å²) in [6.07, 6.45) is 10.8. The summed E-state index contributed by atoms with van der Waals surface area (Å²) in [4.78, 5) is 23.8. The third kappa shape index (κ3) is 20.3. The second-order valence-corrected chi connectivity index (χ2v) is 13.7. The third-order valence-corrected chi connectivity index (χ3v) is 8.50. The summed E-state index contributed by atoms with van der Waals surface area (Å²) in [5.41, 5.74) is 0. The SMILES string of the molecule is CC(C)NCC(O)COc1cccc2ccccc12.CCCCCCCCOC(=O)CC(C(=O)OCCCCCCCC)S(=O)(=O)O. The number of benzene rings is 2. The third-order valence-electron chi connectivity index (χ3n) is 7.42. The highest BCUT2D eigenvalue weighted by molar-refractivity contribution is 7.87. The highest BCUT2D eigenvalue weighted by Crippen LogP contribution is 2.25. The number of nitrogens with one attached hydrogen (secondary N) is 1. The number of unbranched alkanes of at least 4 members (excludes halogenated alkanes) is 10. The van der Waals surface area contributed by atoms with Crippen molar-refractivity contribution >= 4 is 32.8 Å². The number of fused-ring (bicyclic) bond motifs is 1. The molecule has 3 N–H and O–H groups in total. The van der Waals surface area contributed by atoms with Gasteiger partial charge in [0.1, 0.15) is 18.5 Å². The molecule has 0 saturated carbocycles. The van der Waals surface area contributed by atoms with Crippen LogP contribution in [-0.4, -0.2) is 73.8 Å². The molecule has 0 fully saturated rings. The van der Waals surface area contributed by atoms with Gasteiger partial charge in [0.2, 0.25) is 0 Å². The summed E-state index contributed by atoms with van der Waals surface area (Å²) in [5, 5.41) is 13.3. The number of esters is 2. The second kappa shape index (κ2) is 25.3. The van der Waals surface area contributed by atoms with Crippen molar-refractivity contribution in [1.29, 1.82) is 0 Å². The van der Waals surface area contributed by atoms with Crippen LogP contribution in [0.3, 0.4) is 0 Å². The van der Waals surface area contributed by atoms with Crippen molar-refractivity contribution in [3.8, 4) is 5.75 Å². The molecule has 0 radical (unpaired) electrons. The molecular formula is C36H59NO9S. The molecule has 0 aromatic heterocycles. The zero-order valence-electron chi connectivity index (χ0n) is 29.0. The molecule has 0 saturated heterocycles. The number of carbonyl (C=O) groups excluding carboxylic acids is 2. The van der Waals surface area contributed by atoms with Crippen LogP contribution in [0, 0.1) is 0 Å². The number of carbonyl (C=O) groups is 2. The maximum absolute atomic E-state index is 12.0. The molecule has 268 valence electrons. The van der Waals surface area contributed by atoms with Crippen LogP contribution in [0.2, 0.25) is 0 Å². The van der Waals surface area contributed by atoms with Gasteiger partial charge >= 0.3 is 11.9 Å². The summed E-state index contributed by atoms with van der Waals surface area (Å²) >= 11 is 0. The molecule has 47 heavy (non-hydrogen) atoms. The number of rotatable bonds is 24. The molecule has 11 heteroatoms. The van der Waals surface area contributed by atoms with Gasteiger partial charge in [0, 0.05) is 18.0 Å². The zero-order chi connectivity index (χ0) is 34.9. The van der Waals surface area contributed by atoms with Crippen LogP contribution in [-0.2, 0) is 29.2 Å². The molecule has 2 aromatic carbocycles. The molecule has 2 atom stereocenters. The molecule has 0 heterocycles. The fourth-order valence-electron chi connectivity index (χ4n) is 4.68. The lowest BCUT2D eigenvalue weighted by Crippen LogP contribution is -2.35. The van der Waals surface area contributed by atoms with Crippen LogP contribution in [0.5, 0.6) is 5.75 Å². The minimum Gasteiger partial charge on any atom is -0.490 e. The Labute approximate surface area is 282 Å². The average Bonchev–Trinajstić information content (AvgIpc) is 3.04. The summed E-state index contributed by atoms with van der Waals surface area (Å²) in [7, 11) is -4.73. The summed E-state index contributed by atoms with van der Waals surface area (Å²) in [6.45, 7) is 9.45. The first-order valence-electron chi connectivity index (χ1n) is 17.3. The first kappa shape index (κ1) is 42.3. The smallest absolute Gasteiger partial charge is 0.327 e. The van der Waals surface area contributed by atoms with Gasteiger partial charge in [0.25, 0.3) is 10.1 Å². The molecule has 10 nitrogen and oxygen atoms in total. The Hall–Kier alpha value is -2.73. The van der Waals surface area contributed by atoms with Crippen molar-refractivity contribution < 1.29 is 41.9 Å². The van der Waals surface area contributed by atoms with Crippen molar-refractivity contribution in [2.75, 3.05) is 26.4 Å². The molecule has 0 aliphatic heterocycles. The number of hydrogen-bond acceptors (Lipinski definition) is 9. The Balaban J connectivity index is 0.000000502. The Morgan fingerprint density at radius 2 is 1.34 bits per heavy atom. The van der Waals surface area contributed by atoms with Crippen LogP contribution < -0.4 is 10.1 Å². The van der Waals surface area contributed by atoms with E-state index in [1.807, 2.05) is 30.3 Å². The first-order chi connectivity index (χ1) is 22.5. The van der Waals surface area contributed by atoms with Crippen molar-refractivity contribution in [2.45, 2.75) is 129 Å². The molecule has 2 aromatic rings. The van der Waals surface area contributed by atoms with Gasteiger partial charge in [-0.25, -0.2) is 0 Å². The molecule has 0 amide bonds. The van der Waals surface area contributed by atoms with E-state index < -0.39 is 39.8 Å². The fraction of sp³-hybridized carbons (Fsp3) is 0.667. The summed E-state index contributed by atoms with van der Waals surface area (Å²) in [5.74, 6) is -1.11. The van der Waals surface area contributed by atoms with E-state index in [2.05, 4.69) is 45.1 Å². The van der Waals surface area contributed by atoms with Crippen LogP contribution >= 0.6 is 0 Å². The van der Waals surface area contributed by atoms with Crippen LogP contribution in [0.15, 0.2) is 42.5 Å². The molecule has 2 unspecified atom stereocenters. The van der Waals surface area contributed by atoms with Crippen molar-refractivity contribution in [3.05, 3.63) is 42.5 Å². The van der Waals surface area contributed by atoms with Crippen LogP contribution in [0.1, 0.15) is 111 Å². The van der Waals surface area contributed by atoms with E-state index >= 15 is 0 Å². The predicted octanol–water partition coefficient (Wildman–Crippen LogP) is 7.02. The average molecular weight is 682 g/mol. The maximum Gasteiger partial charge on any atom is 0.327 e. The van der Waals surface area contributed by atoms with Gasteiger partial charge in [-0.3, -0.25) is 14.1 Å². The molecular weight excluding hydrogens is 622 g/mol. The Bertz CT molecular complexity index is 1230. The largest absolute Gasteiger partial charge is 0.490 e. The zero-order valence-corrected chi connectivity index (χ0v) is 29.8. The summed E-state index contributed by atoms with van der Waals surface area (Å²) in [6, 6.07) is 14.4. The van der Waals surface area contributed by atoms with E-state index in [4.69, 9.17) is 14.2 Å². The van der Waals surface area contributed by atoms with Gasteiger partial charge in [-0.1, -0.05) is 128 Å². The lowest BCUT2D eigenvalue weighted by Gasteiger charge is -2.15. The van der Waals surface area contributed by atoms with E-state index in [0.717, 1.165) is 74.3 Å². The minimum absolute atomic E-state index is 0.0732. The van der Waals surface area contributed by atoms with E-state index in [-0.39, 0.29) is 13.2 Å². The van der Waals surface area contributed by atoms with Crippen LogP contribution in [0.4, 0.5) is 0 Å². The Morgan fingerprint density at radius 1 is 0.787 bits per heavy atom. The molecule has 2 rings (SSSR count). The van der Waals surface area contributed by atoms with Gasteiger partial charge in [-0.05, 0) is 24.3 Å². The molecule has 0 aliphatic rings. The first-order valence-corrected chi connectivity index (χ1v) is 18.8. The van der Waals surface area contributed by atoms with E-state index in [9.17, 15) is 27.7 Å². The number of hydrogen-bond donors (Lipinski definition) is 3. The molecule has 0 bridgehead atoms. The van der Waals surface area contributed by atoms with Gasteiger partial charge in [0.05, 0.1) is 19.6 Å². The van der Waals surface area contributed by atoms with E-state index in [1.54, 1.807) is 0 Å². The lowest BCUT2D eigenvalue weighted by atomic mass is 10.1. The van der Waals surface area contributed by atoms with E-state index in [0.29, 0.717) is 32.0 Å². The van der Waals surface area contributed by atoms with Gasteiger partial charge < -0.3 is 24.6 Å². The van der Waals surface area contributed by atoms with Crippen molar-refractivity contribution in [3.63, 3.8) is 0 Å². The number of aliphatic hydroxyl groups is 1. The van der Waals surface area contributed by atoms with Gasteiger partial charge in [-0.15, -0.1) is 0 Å². The Morgan fingerprint density at radius 3 is 1.94 bits per heavy atom. The Kier molecular flexibility index (Phi) is 22.8. The maximum atomic E-state index is 12.0. The molecule has 0 spiro atoms. The highest BCUT2D eigenvalue weighted by atomic mass is 32.2. The topological polar surface area (TPSA) is 148 Å². The van der Waals surface area contributed by atoms with Gasteiger partial charge in [-0.2, -0.15) is 8.42 Å². The molecule has 0 aliphatic carbocycles. The normalized spacial score (nSPS) is 12.7. The van der Waals surface area contributed by atoms with Gasteiger partial charge in [0.15, 0.2) is 5.25 Å². The minimum atomic E-state index is -4.73. The lowest BCUT2D eigenvalue weighted by molar-refractivity contribution is -0.150. The van der Waals surface area contributed by atoms with E-state index in [1.165, 1.54) is 6.42 Å². The van der Waals surface area contributed by atoms with Crippen molar-refractivity contribution in [2.24, 2.45) is 0 Å². The summed E-state index contributed by atoms with van der Waals surface area (Å²) < 4.78 is 47.8. The van der Waals surface area contributed by atoms with Crippen LogP contribution in [0.25, 0.3) is 10.8 Å². The standard InChI is InChI=1S/C20H38O7S.C16H21NO2/c1-3-5-7-9-11-13-15-26-19(21)17-18(28(23,24)25)20(22)27-16-14-12-10-8-6-4-2;1-12(2)17-10-14(18)11-19-16-9-5-7-13-6-3-4-8-15(13)16/h18H,3-17H2,1-2H3,(H,23,24,25);3-9,12,14,17-18H,10-11H2,1-2H3. The number of ether oxygens (including phenoxy) is 3. The monoisotopic (exact) mass is 681 g/mol. The second-order valence-electron chi connectivity index (χ2n) is 12.1. The number of aliphatic hydroxyl groups excluding tert-OH is 1. The predicted molar refractivity (Wildman–Crippen MR) is 187 cm³/mol. The highest BCUT2D eigenvalue weighted by Gasteiger charge is 2.35. The fourth-order valence-corrected chi connectivity index (χ4v) is 5.33. The van der Waals surface area contributed by atoms with Crippen molar-refractivity contribution in [1.82, 2.24) is 5.32 Å². The quantitative estimate of drug-likeness (QED) is 0.0600.